The van der Waals surface area contributed by atoms with Gasteiger partial charge in [-0.2, -0.15) is 0 Å². The topological polar surface area (TPSA) is 73.2 Å². The number of carbonyl (C=O) groups excluding carboxylic acids is 1. The Kier molecular flexibility index (Phi) is 5.24. The zero-order valence-electron chi connectivity index (χ0n) is 16.1. The Bertz CT molecular complexity index is 1240. The van der Waals surface area contributed by atoms with Crippen LogP contribution in [0.1, 0.15) is 5.56 Å². The van der Waals surface area contributed by atoms with Crippen molar-refractivity contribution in [1.29, 1.82) is 0 Å². The van der Waals surface area contributed by atoms with Crippen LogP contribution < -0.4 is 15.6 Å². The fourth-order valence-electron chi connectivity index (χ4n) is 3.33. The minimum Gasteiger partial charge on any atom is -0.491 e. The van der Waals surface area contributed by atoms with E-state index < -0.39 is 0 Å². The van der Waals surface area contributed by atoms with Crippen molar-refractivity contribution in [3.05, 3.63) is 82.9 Å². The van der Waals surface area contributed by atoms with Crippen molar-refractivity contribution in [2.45, 2.75) is 13.5 Å². The summed E-state index contributed by atoms with van der Waals surface area (Å²) in [5.74, 6) is 0.519. The molecule has 6 nitrogen and oxygen atoms in total. The maximum Gasteiger partial charge on any atom is 0.261 e. The lowest BCUT2D eigenvalue weighted by Gasteiger charge is -2.11. The molecule has 4 rings (SSSR count). The maximum absolute atomic E-state index is 12.6. The number of carbonyl (C=O) groups is 1. The normalized spacial score (nSPS) is 10.9. The maximum atomic E-state index is 12.6. The van der Waals surface area contributed by atoms with Gasteiger partial charge in [0.25, 0.3) is 5.56 Å². The van der Waals surface area contributed by atoms with Crippen LogP contribution in [0.4, 0.5) is 0 Å². The van der Waals surface area contributed by atoms with E-state index in [1.54, 1.807) is 6.07 Å². The number of hydrogen-bond acceptors (Lipinski definition) is 4. The van der Waals surface area contributed by atoms with Crippen LogP contribution in [-0.4, -0.2) is 28.6 Å². The minimum atomic E-state index is -0.262. The number of amides is 1. The second kappa shape index (κ2) is 8.14. The molecule has 0 bridgehead atoms. The van der Waals surface area contributed by atoms with E-state index in [9.17, 15) is 9.59 Å². The Balaban J connectivity index is 1.35. The monoisotopic (exact) mass is 387 g/mol. The molecule has 1 N–H and O–H groups in total. The Labute approximate surface area is 167 Å². The molecule has 3 aromatic carbocycles. The van der Waals surface area contributed by atoms with Gasteiger partial charge in [-0.05, 0) is 30.0 Å². The number of nitrogens with one attached hydrogen (secondary N) is 1. The zero-order chi connectivity index (χ0) is 20.2. The van der Waals surface area contributed by atoms with Crippen LogP contribution in [0.2, 0.25) is 0 Å². The molecule has 0 aliphatic carbocycles. The summed E-state index contributed by atoms with van der Waals surface area (Å²) in [6, 6.07) is 19.3. The average molecular weight is 387 g/mol. The highest BCUT2D eigenvalue weighted by Gasteiger charge is 2.09. The van der Waals surface area contributed by atoms with E-state index in [-0.39, 0.29) is 18.0 Å². The van der Waals surface area contributed by atoms with Crippen LogP contribution in [-0.2, 0) is 11.3 Å². The van der Waals surface area contributed by atoms with Gasteiger partial charge >= 0.3 is 0 Å². The van der Waals surface area contributed by atoms with Crippen LogP contribution in [0.25, 0.3) is 21.7 Å². The number of nitrogens with zero attached hydrogens (tertiary/aromatic N) is 2. The molecular weight excluding hydrogens is 366 g/mol. The zero-order valence-corrected chi connectivity index (χ0v) is 16.1. The second-order valence-corrected chi connectivity index (χ2v) is 6.82. The first kappa shape index (κ1) is 18.7. The second-order valence-electron chi connectivity index (χ2n) is 6.82. The Hall–Kier alpha value is -3.67. The van der Waals surface area contributed by atoms with Crippen LogP contribution in [0.15, 0.2) is 71.8 Å². The van der Waals surface area contributed by atoms with Crippen molar-refractivity contribution in [3.63, 3.8) is 0 Å². The summed E-state index contributed by atoms with van der Waals surface area (Å²) in [7, 11) is 0. The molecule has 29 heavy (non-hydrogen) atoms. The lowest BCUT2D eigenvalue weighted by Crippen LogP contribution is -2.34. The SMILES string of the molecule is Cc1cccc2c(=O)n(CC(=O)NCCOc3cccc4ccccc34)cnc12. The molecule has 146 valence electrons. The van der Waals surface area contributed by atoms with E-state index in [0.29, 0.717) is 24.1 Å². The smallest absolute Gasteiger partial charge is 0.261 e. The fourth-order valence-corrected chi connectivity index (χ4v) is 3.33. The summed E-state index contributed by atoms with van der Waals surface area (Å²) in [5, 5.41) is 5.44. The number of benzene rings is 3. The van der Waals surface area contributed by atoms with Gasteiger partial charge in [-0.3, -0.25) is 14.2 Å². The lowest BCUT2D eigenvalue weighted by molar-refractivity contribution is -0.121. The van der Waals surface area contributed by atoms with Gasteiger partial charge in [0, 0.05) is 5.39 Å². The molecule has 0 fully saturated rings. The number of rotatable bonds is 6. The predicted octanol–water partition coefficient (Wildman–Crippen LogP) is 3.05. The molecule has 0 unspecified atom stereocenters. The quantitative estimate of drug-likeness (QED) is 0.516. The van der Waals surface area contributed by atoms with Crippen LogP contribution in [0.3, 0.4) is 0 Å². The molecule has 0 saturated carbocycles. The molecule has 1 amide bonds. The van der Waals surface area contributed by atoms with Gasteiger partial charge in [0.15, 0.2) is 0 Å². The van der Waals surface area contributed by atoms with Crippen molar-refractivity contribution in [1.82, 2.24) is 14.9 Å². The van der Waals surface area contributed by atoms with E-state index in [1.807, 2.05) is 61.5 Å². The Morgan fingerprint density at radius 1 is 1.03 bits per heavy atom. The van der Waals surface area contributed by atoms with Crippen molar-refractivity contribution < 1.29 is 9.53 Å². The number of aryl methyl sites for hydroxylation is 1. The fraction of sp³-hybridized carbons (Fsp3) is 0.174. The summed E-state index contributed by atoms with van der Waals surface area (Å²) in [6.45, 7) is 2.51. The van der Waals surface area contributed by atoms with Gasteiger partial charge in [-0.25, -0.2) is 4.98 Å². The number of para-hydroxylation sites is 1. The number of fused-ring (bicyclic) bond motifs is 2. The van der Waals surface area contributed by atoms with E-state index in [4.69, 9.17) is 4.74 Å². The standard InChI is InChI=1S/C23H21N3O3/c1-16-6-4-10-19-22(16)25-15-26(23(19)28)14-21(27)24-12-13-29-20-11-5-8-17-7-2-3-9-18(17)20/h2-11,15H,12-14H2,1H3,(H,24,27). The third-order valence-electron chi connectivity index (χ3n) is 4.80. The van der Waals surface area contributed by atoms with E-state index in [1.165, 1.54) is 10.9 Å². The highest BCUT2D eigenvalue weighted by molar-refractivity contribution is 5.88. The first-order valence-electron chi connectivity index (χ1n) is 9.45. The highest BCUT2D eigenvalue weighted by atomic mass is 16.5. The first-order valence-corrected chi connectivity index (χ1v) is 9.45. The molecule has 0 atom stereocenters. The van der Waals surface area contributed by atoms with Crippen molar-refractivity contribution >= 4 is 27.6 Å². The van der Waals surface area contributed by atoms with Crippen molar-refractivity contribution in [2.24, 2.45) is 0 Å². The predicted molar refractivity (Wildman–Crippen MR) is 113 cm³/mol. The molecule has 0 spiro atoms. The third-order valence-corrected chi connectivity index (χ3v) is 4.80. The van der Waals surface area contributed by atoms with Gasteiger partial charge in [0.05, 0.1) is 23.8 Å². The van der Waals surface area contributed by atoms with Gasteiger partial charge in [-0.15, -0.1) is 0 Å². The molecule has 0 radical (unpaired) electrons. The average Bonchev–Trinajstić information content (AvgIpc) is 2.74. The summed E-state index contributed by atoms with van der Waals surface area (Å²) >= 11 is 0. The van der Waals surface area contributed by atoms with Crippen molar-refractivity contribution in [3.8, 4) is 5.75 Å². The summed E-state index contributed by atoms with van der Waals surface area (Å²) < 4.78 is 7.14. The molecule has 1 aromatic heterocycles. The molecular formula is C23H21N3O3. The molecule has 0 saturated heterocycles. The number of ether oxygens (including phenoxy) is 1. The van der Waals surface area contributed by atoms with Gasteiger partial charge in [0.2, 0.25) is 5.91 Å². The summed E-state index contributed by atoms with van der Waals surface area (Å²) in [5.41, 5.74) is 1.38. The van der Waals surface area contributed by atoms with E-state index in [2.05, 4.69) is 10.3 Å². The molecule has 1 heterocycles. The van der Waals surface area contributed by atoms with Crippen LogP contribution >= 0.6 is 0 Å². The molecule has 4 aromatic rings. The largest absolute Gasteiger partial charge is 0.491 e. The Morgan fingerprint density at radius 3 is 2.69 bits per heavy atom. The van der Waals surface area contributed by atoms with Crippen LogP contribution in [0, 0.1) is 6.92 Å². The van der Waals surface area contributed by atoms with E-state index >= 15 is 0 Å². The molecule has 0 aliphatic rings. The van der Waals surface area contributed by atoms with Gasteiger partial charge < -0.3 is 10.1 Å². The molecule has 6 heteroatoms. The first-order chi connectivity index (χ1) is 14.1. The van der Waals surface area contributed by atoms with Gasteiger partial charge in [-0.1, -0.05) is 48.5 Å². The summed E-state index contributed by atoms with van der Waals surface area (Å²) in [6.07, 6.45) is 1.42. The van der Waals surface area contributed by atoms with Crippen LogP contribution in [0.5, 0.6) is 5.75 Å². The third kappa shape index (κ3) is 3.96. The molecule has 0 aliphatic heterocycles. The van der Waals surface area contributed by atoms with Crippen molar-refractivity contribution in [2.75, 3.05) is 13.2 Å². The summed E-state index contributed by atoms with van der Waals surface area (Å²) in [4.78, 5) is 29.1. The lowest BCUT2D eigenvalue weighted by atomic mass is 10.1. The minimum absolute atomic E-state index is 0.0794. The number of aromatic nitrogens is 2. The van der Waals surface area contributed by atoms with Gasteiger partial charge in [0.1, 0.15) is 18.9 Å². The van der Waals surface area contributed by atoms with E-state index in [0.717, 1.165) is 22.1 Å². The number of hydrogen-bond donors (Lipinski definition) is 1. The Morgan fingerprint density at radius 2 is 1.79 bits per heavy atom. The highest BCUT2D eigenvalue weighted by Crippen LogP contribution is 2.24.